The summed E-state index contributed by atoms with van der Waals surface area (Å²) in [4.78, 5) is 11.8. The molecule has 0 bridgehead atoms. The molecule has 1 atom stereocenters. The smallest absolute Gasteiger partial charge is 0.224 e. The van der Waals surface area contributed by atoms with Crippen molar-refractivity contribution < 1.29 is 14.6 Å². The molecule has 0 spiro atoms. The van der Waals surface area contributed by atoms with Gasteiger partial charge in [-0.15, -0.1) is 0 Å². The van der Waals surface area contributed by atoms with Crippen LogP contribution in [0.2, 0.25) is 0 Å². The van der Waals surface area contributed by atoms with E-state index < -0.39 is 0 Å². The lowest BCUT2D eigenvalue weighted by molar-refractivity contribution is -0.116. The van der Waals surface area contributed by atoms with E-state index in [-0.39, 0.29) is 17.8 Å². The van der Waals surface area contributed by atoms with Gasteiger partial charge in [0.1, 0.15) is 5.75 Å². The number of hydrogen-bond donors (Lipinski definition) is 2. The van der Waals surface area contributed by atoms with Crippen LogP contribution in [0.25, 0.3) is 0 Å². The van der Waals surface area contributed by atoms with Gasteiger partial charge in [0.15, 0.2) is 0 Å². The summed E-state index contributed by atoms with van der Waals surface area (Å²) in [6, 6.07) is 4.92. The Kier molecular flexibility index (Phi) is 4.20. The second-order valence-electron chi connectivity index (χ2n) is 4.72. The highest BCUT2D eigenvalue weighted by molar-refractivity contribution is 5.91. The van der Waals surface area contributed by atoms with Crippen molar-refractivity contribution in [3.05, 3.63) is 23.8 Å². The van der Waals surface area contributed by atoms with Gasteiger partial charge < -0.3 is 15.2 Å². The Labute approximate surface area is 107 Å². The van der Waals surface area contributed by atoms with Crippen LogP contribution in [0.5, 0.6) is 5.75 Å². The molecule has 1 aliphatic rings. The molecule has 98 valence electrons. The van der Waals surface area contributed by atoms with Crippen molar-refractivity contribution in [3.8, 4) is 5.75 Å². The van der Waals surface area contributed by atoms with E-state index in [1.807, 2.05) is 6.92 Å². The average Bonchev–Trinajstić information content (AvgIpc) is 2.83. The maximum Gasteiger partial charge on any atom is 0.224 e. The van der Waals surface area contributed by atoms with Crippen LogP contribution in [0.15, 0.2) is 18.2 Å². The van der Waals surface area contributed by atoms with Crippen molar-refractivity contribution in [1.82, 2.24) is 0 Å². The summed E-state index contributed by atoms with van der Waals surface area (Å²) in [6.07, 6.45) is 3.67. The molecule has 1 fully saturated rings. The standard InChI is InChI=1S/C14H19NO3/c1-10-9-11(16)4-6-13(10)15-14(17)7-5-12-3-2-8-18-12/h4,6,9,12,16H,2-3,5,7-8H2,1H3,(H,15,17). The molecule has 1 unspecified atom stereocenters. The van der Waals surface area contributed by atoms with Crippen LogP contribution < -0.4 is 5.32 Å². The molecule has 18 heavy (non-hydrogen) atoms. The van der Waals surface area contributed by atoms with Gasteiger partial charge >= 0.3 is 0 Å². The van der Waals surface area contributed by atoms with Gasteiger partial charge in [-0.2, -0.15) is 0 Å². The first-order valence-corrected chi connectivity index (χ1v) is 6.36. The third-order valence-corrected chi connectivity index (χ3v) is 3.20. The SMILES string of the molecule is Cc1cc(O)ccc1NC(=O)CCC1CCCO1. The zero-order valence-electron chi connectivity index (χ0n) is 10.6. The number of phenolic OH excluding ortho intramolecular Hbond substituents is 1. The highest BCUT2D eigenvalue weighted by atomic mass is 16.5. The number of carbonyl (C=O) groups is 1. The number of ether oxygens (including phenoxy) is 1. The van der Waals surface area contributed by atoms with Gasteiger partial charge in [0.25, 0.3) is 0 Å². The first kappa shape index (κ1) is 12.9. The minimum atomic E-state index is -0.000658. The number of benzene rings is 1. The summed E-state index contributed by atoms with van der Waals surface area (Å²) < 4.78 is 5.48. The van der Waals surface area contributed by atoms with Gasteiger partial charge in [0.2, 0.25) is 5.91 Å². The van der Waals surface area contributed by atoms with E-state index in [2.05, 4.69) is 5.32 Å². The normalized spacial score (nSPS) is 18.8. The molecule has 1 heterocycles. The van der Waals surface area contributed by atoms with E-state index in [1.54, 1.807) is 18.2 Å². The number of carbonyl (C=O) groups excluding carboxylic acids is 1. The molecule has 0 saturated carbocycles. The van der Waals surface area contributed by atoms with Gasteiger partial charge in [-0.1, -0.05) is 0 Å². The second-order valence-corrected chi connectivity index (χ2v) is 4.72. The Morgan fingerprint density at radius 3 is 3.06 bits per heavy atom. The maximum absolute atomic E-state index is 11.8. The van der Waals surface area contributed by atoms with Crippen molar-refractivity contribution in [3.63, 3.8) is 0 Å². The highest BCUT2D eigenvalue weighted by Crippen LogP contribution is 2.21. The molecule has 2 N–H and O–H groups in total. The molecular formula is C14H19NO3. The molecule has 1 saturated heterocycles. The number of aryl methyl sites for hydroxylation is 1. The van der Waals surface area contributed by atoms with Crippen LogP contribution in [-0.4, -0.2) is 23.7 Å². The number of hydrogen-bond acceptors (Lipinski definition) is 3. The number of phenols is 1. The molecule has 0 radical (unpaired) electrons. The highest BCUT2D eigenvalue weighted by Gasteiger charge is 2.16. The molecule has 1 amide bonds. The van der Waals surface area contributed by atoms with Crippen molar-refractivity contribution in [2.75, 3.05) is 11.9 Å². The van der Waals surface area contributed by atoms with E-state index in [0.29, 0.717) is 6.42 Å². The fraction of sp³-hybridized carbons (Fsp3) is 0.500. The number of anilines is 1. The quantitative estimate of drug-likeness (QED) is 0.806. The monoisotopic (exact) mass is 249 g/mol. The van der Waals surface area contributed by atoms with E-state index in [1.165, 1.54) is 0 Å². The van der Waals surface area contributed by atoms with Gasteiger partial charge in [-0.3, -0.25) is 4.79 Å². The van der Waals surface area contributed by atoms with Crippen LogP contribution in [0.3, 0.4) is 0 Å². The fourth-order valence-electron chi connectivity index (χ4n) is 2.16. The van der Waals surface area contributed by atoms with Crippen LogP contribution >= 0.6 is 0 Å². The first-order chi connectivity index (χ1) is 8.65. The fourth-order valence-corrected chi connectivity index (χ4v) is 2.16. The lowest BCUT2D eigenvalue weighted by Gasteiger charge is -2.11. The van der Waals surface area contributed by atoms with Crippen molar-refractivity contribution >= 4 is 11.6 Å². The Morgan fingerprint density at radius 2 is 2.39 bits per heavy atom. The molecule has 0 aliphatic carbocycles. The van der Waals surface area contributed by atoms with Gasteiger partial charge in [0, 0.05) is 18.7 Å². The molecule has 1 aliphatic heterocycles. The van der Waals surface area contributed by atoms with E-state index in [9.17, 15) is 9.90 Å². The summed E-state index contributed by atoms with van der Waals surface area (Å²) in [5, 5.41) is 12.1. The summed E-state index contributed by atoms with van der Waals surface area (Å²) >= 11 is 0. The minimum absolute atomic E-state index is 0.000658. The van der Waals surface area contributed by atoms with Crippen molar-refractivity contribution in [2.24, 2.45) is 0 Å². The number of rotatable bonds is 4. The molecule has 2 rings (SSSR count). The summed E-state index contributed by atoms with van der Waals surface area (Å²) in [5.74, 6) is 0.212. The largest absolute Gasteiger partial charge is 0.508 e. The minimum Gasteiger partial charge on any atom is -0.508 e. The van der Waals surface area contributed by atoms with Crippen LogP contribution in [0.1, 0.15) is 31.2 Å². The summed E-state index contributed by atoms with van der Waals surface area (Å²) in [6.45, 7) is 2.68. The van der Waals surface area contributed by atoms with Gasteiger partial charge in [-0.05, 0) is 49.9 Å². The number of aromatic hydroxyl groups is 1. The number of nitrogens with one attached hydrogen (secondary N) is 1. The summed E-state index contributed by atoms with van der Waals surface area (Å²) in [5.41, 5.74) is 1.62. The molecule has 1 aromatic carbocycles. The predicted octanol–water partition coefficient (Wildman–Crippen LogP) is 2.60. The van der Waals surface area contributed by atoms with Crippen LogP contribution in [-0.2, 0) is 9.53 Å². The molecule has 4 nitrogen and oxygen atoms in total. The Balaban J connectivity index is 1.82. The van der Waals surface area contributed by atoms with E-state index in [4.69, 9.17) is 4.74 Å². The second kappa shape index (κ2) is 5.87. The van der Waals surface area contributed by atoms with E-state index in [0.717, 1.165) is 37.1 Å². The Hall–Kier alpha value is -1.55. The number of amides is 1. The van der Waals surface area contributed by atoms with Crippen LogP contribution in [0.4, 0.5) is 5.69 Å². The average molecular weight is 249 g/mol. The Morgan fingerprint density at radius 1 is 1.56 bits per heavy atom. The molecule has 0 aromatic heterocycles. The van der Waals surface area contributed by atoms with Crippen molar-refractivity contribution in [1.29, 1.82) is 0 Å². The zero-order valence-corrected chi connectivity index (χ0v) is 10.6. The molecular weight excluding hydrogens is 230 g/mol. The molecule has 4 heteroatoms. The lowest BCUT2D eigenvalue weighted by atomic mass is 10.1. The van der Waals surface area contributed by atoms with E-state index >= 15 is 0 Å². The molecule has 1 aromatic rings. The zero-order chi connectivity index (χ0) is 13.0. The lowest BCUT2D eigenvalue weighted by Crippen LogP contribution is -2.15. The maximum atomic E-state index is 11.8. The summed E-state index contributed by atoms with van der Waals surface area (Å²) in [7, 11) is 0. The Bertz CT molecular complexity index is 425. The van der Waals surface area contributed by atoms with Crippen molar-refractivity contribution in [2.45, 2.75) is 38.7 Å². The topological polar surface area (TPSA) is 58.6 Å². The third kappa shape index (κ3) is 3.47. The van der Waals surface area contributed by atoms with Gasteiger partial charge in [-0.25, -0.2) is 0 Å². The third-order valence-electron chi connectivity index (χ3n) is 3.20. The van der Waals surface area contributed by atoms with Crippen LogP contribution in [0, 0.1) is 6.92 Å². The predicted molar refractivity (Wildman–Crippen MR) is 69.7 cm³/mol. The first-order valence-electron chi connectivity index (χ1n) is 6.36. The van der Waals surface area contributed by atoms with Gasteiger partial charge in [0.05, 0.1) is 6.10 Å².